The monoisotopic (exact) mass is 335 g/mol. The molecule has 0 bridgehead atoms. The molecule has 0 atom stereocenters. The Bertz CT molecular complexity index is 627. The average Bonchev–Trinajstić information content (AvgIpc) is 2.94. The van der Waals surface area contributed by atoms with Crippen LogP contribution in [-0.2, 0) is 11.3 Å². The molecule has 1 N–H and O–H groups in total. The standard InChI is InChI=1S/C15H21N5O2S/c1-11(2)10-20-15(17-18-19-20)23-9-8-14(21)16-12-4-6-13(22-3)7-5-12/h4-7,11H,8-10H2,1-3H3,(H,16,21). The van der Waals surface area contributed by atoms with Gasteiger partial charge in [-0.05, 0) is 40.6 Å². The van der Waals surface area contributed by atoms with Crippen molar-refractivity contribution in [2.75, 3.05) is 18.2 Å². The zero-order valence-corrected chi connectivity index (χ0v) is 14.3. The minimum atomic E-state index is -0.0365. The number of amides is 1. The molecule has 0 aliphatic carbocycles. The average molecular weight is 335 g/mol. The zero-order valence-electron chi connectivity index (χ0n) is 13.5. The summed E-state index contributed by atoms with van der Waals surface area (Å²) < 4.78 is 6.86. The first-order valence-electron chi connectivity index (χ1n) is 7.41. The molecule has 0 saturated heterocycles. The topological polar surface area (TPSA) is 81.9 Å². The van der Waals surface area contributed by atoms with E-state index in [9.17, 15) is 4.79 Å². The van der Waals surface area contributed by atoms with Crippen LogP contribution in [-0.4, -0.2) is 39.0 Å². The maximum absolute atomic E-state index is 11.9. The number of tetrazole rings is 1. The fourth-order valence-corrected chi connectivity index (χ4v) is 2.72. The molecule has 1 heterocycles. The van der Waals surface area contributed by atoms with E-state index in [2.05, 4.69) is 34.7 Å². The number of hydrogen-bond acceptors (Lipinski definition) is 6. The van der Waals surface area contributed by atoms with E-state index in [4.69, 9.17) is 4.74 Å². The Morgan fingerprint density at radius 3 is 2.74 bits per heavy atom. The van der Waals surface area contributed by atoms with E-state index >= 15 is 0 Å². The summed E-state index contributed by atoms with van der Waals surface area (Å²) in [5, 5.41) is 15.2. The summed E-state index contributed by atoms with van der Waals surface area (Å²) in [6.07, 6.45) is 0.394. The van der Waals surface area contributed by atoms with Crippen LogP contribution in [0, 0.1) is 5.92 Å². The zero-order chi connectivity index (χ0) is 16.7. The molecule has 8 heteroatoms. The molecule has 124 valence electrons. The molecule has 7 nitrogen and oxygen atoms in total. The van der Waals surface area contributed by atoms with Crippen LogP contribution in [0.1, 0.15) is 20.3 Å². The molecular formula is C15H21N5O2S. The van der Waals surface area contributed by atoms with Gasteiger partial charge >= 0.3 is 0 Å². The van der Waals surface area contributed by atoms with Gasteiger partial charge in [0.25, 0.3) is 0 Å². The van der Waals surface area contributed by atoms with Crippen LogP contribution in [0.2, 0.25) is 0 Å². The lowest BCUT2D eigenvalue weighted by Gasteiger charge is -2.07. The molecule has 1 amide bonds. The van der Waals surface area contributed by atoms with Gasteiger partial charge in [0.05, 0.1) is 7.11 Å². The second kappa shape index (κ2) is 8.52. The Labute approximate surface area is 139 Å². The third-order valence-electron chi connectivity index (χ3n) is 2.97. The van der Waals surface area contributed by atoms with E-state index in [1.165, 1.54) is 11.8 Å². The first kappa shape index (κ1) is 17.3. The number of carbonyl (C=O) groups is 1. The molecule has 23 heavy (non-hydrogen) atoms. The van der Waals surface area contributed by atoms with Crippen molar-refractivity contribution in [3.8, 4) is 5.75 Å². The number of nitrogens with one attached hydrogen (secondary N) is 1. The number of aromatic nitrogens is 4. The van der Waals surface area contributed by atoms with E-state index in [1.54, 1.807) is 11.8 Å². The van der Waals surface area contributed by atoms with Crippen molar-refractivity contribution < 1.29 is 9.53 Å². The first-order valence-corrected chi connectivity index (χ1v) is 8.40. The van der Waals surface area contributed by atoms with Crippen molar-refractivity contribution in [3.63, 3.8) is 0 Å². The van der Waals surface area contributed by atoms with Crippen LogP contribution in [0.15, 0.2) is 29.4 Å². The summed E-state index contributed by atoms with van der Waals surface area (Å²) in [5.41, 5.74) is 0.755. The quantitative estimate of drug-likeness (QED) is 0.746. The Morgan fingerprint density at radius 1 is 1.35 bits per heavy atom. The van der Waals surface area contributed by atoms with Crippen molar-refractivity contribution in [2.45, 2.75) is 32.0 Å². The minimum absolute atomic E-state index is 0.0365. The lowest BCUT2D eigenvalue weighted by molar-refractivity contribution is -0.115. The maximum atomic E-state index is 11.9. The van der Waals surface area contributed by atoms with Crippen molar-refractivity contribution >= 4 is 23.4 Å². The molecular weight excluding hydrogens is 314 g/mol. The fourth-order valence-electron chi connectivity index (χ4n) is 1.89. The fraction of sp³-hybridized carbons (Fsp3) is 0.467. The molecule has 1 aromatic heterocycles. The van der Waals surface area contributed by atoms with Crippen molar-refractivity contribution in [1.82, 2.24) is 20.2 Å². The van der Waals surface area contributed by atoms with E-state index in [1.807, 2.05) is 24.3 Å². The Kier molecular flexibility index (Phi) is 6.40. The minimum Gasteiger partial charge on any atom is -0.497 e. The molecule has 0 radical (unpaired) electrons. The lowest BCUT2D eigenvalue weighted by Crippen LogP contribution is -2.12. The molecule has 0 saturated carbocycles. The van der Waals surface area contributed by atoms with E-state index in [0.717, 1.165) is 23.1 Å². The molecule has 2 rings (SSSR count). The highest BCUT2D eigenvalue weighted by Crippen LogP contribution is 2.18. The van der Waals surface area contributed by atoms with Gasteiger partial charge in [0.1, 0.15) is 5.75 Å². The maximum Gasteiger partial charge on any atom is 0.225 e. The third kappa shape index (κ3) is 5.55. The summed E-state index contributed by atoms with van der Waals surface area (Å²) in [6.45, 7) is 4.99. The van der Waals surface area contributed by atoms with Crippen LogP contribution in [0.5, 0.6) is 5.75 Å². The summed E-state index contributed by atoms with van der Waals surface area (Å²) in [5.74, 6) is 1.82. The van der Waals surface area contributed by atoms with E-state index in [-0.39, 0.29) is 5.91 Å². The number of hydrogen-bond donors (Lipinski definition) is 1. The predicted molar refractivity (Wildman–Crippen MR) is 89.6 cm³/mol. The number of methoxy groups -OCH3 is 1. The highest BCUT2D eigenvalue weighted by atomic mass is 32.2. The number of carbonyl (C=O) groups excluding carboxylic acids is 1. The molecule has 1 aromatic carbocycles. The van der Waals surface area contributed by atoms with Crippen LogP contribution >= 0.6 is 11.8 Å². The van der Waals surface area contributed by atoms with Crippen molar-refractivity contribution in [1.29, 1.82) is 0 Å². The van der Waals surface area contributed by atoms with E-state index in [0.29, 0.717) is 18.1 Å². The molecule has 0 spiro atoms. The summed E-state index contributed by atoms with van der Waals surface area (Å²) in [7, 11) is 1.61. The van der Waals surface area contributed by atoms with E-state index < -0.39 is 0 Å². The van der Waals surface area contributed by atoms with Gasteiger partial charge in [0, 0.05) is 24.4 Å². The molecule has 0 fully saturated rings. The van der Waals surface area contributed by atoms with Crippen LogP contribution in [0.25, 0.3) is 0 Å². The normalized spacial score (nSPS) is 10.8. The Morgan fingerprint density at radius 2 is 2.09 bits per heavy atom. The Hall–Kier alpha value is -2.09. The van der Waals surface area contributed by atoms with Crippen LogP contribution in [0.4, 0.5) is 5.69 Å². The number of anilines is 1. The highest BCUT2D eigenvalue weighted by Gasteiger charge is 2.10. The number of ether oxygens (including phenoxy) is 1. The van der Waals surface area contributed by atoms with Gasteiger partial charge in [-0.3, -0.25) is 4.79 Å². The molecule has 0 unspecified atom stereocenters. The lowest BCUT2D eigenvalue weighted by atomic mass is 10.2. The number of rotatable bonds is 8. The van der Waals surface area contributed by atoms with Crippen molar-refractivity contribution in [3.05, 3.63) is 24.3 Å². The van der Waals surface area contributed by atoms with Gasteiger partial charge < -0.3 is 10.1 Å². The van der Waals surface area contributed by atoms with Gasteiger partial charge in [-0.2, -0.15) is 0 Å². The van der Waals surface area contributed by atoms with Gasteiger partial charge in [-0.15, -0.1) is 5.10 Å². The van der Waals surface area contributed by atoms with Gasteiger partial charge in [0.2, 0.25) is 11.1 Å². The van der Waals surface area contributed by atoms with Crippen LogP contribution in [0.3, 0.4) is 0 Å². The first-order chi connectivity index (χ1) is 11.1. The smallest absolute Gasteiger partial charge is 0.225 e. The number of thioether (sulfide) groups is 1. The summed E-state index contributed by atoms with van der Waals surface area (Å²) >= 11 is 1.49. The van der Waals surface area contributed by atoms with Crippen molar-refractivity contribution in [2.24, 2.45) is 5.92 Å². The summed E-state index contributed by atoms with van der Waals surface area (Å²) in [6, 6.07) is 7.25. The van der Waals surface area contributed by atoms with Crippen LogP contribution < -0.4 is 10.1 Å². The highest BCUT2D eigenvalue weighted by molar-refractivity contribution is 7.99. The van der Waals surface area contributed by atoms with Gasteiger partial charge in [0.15, 0.2) is 0 Å². The Balaban J connectivity index is 1.77. The van der Waals surface area contributed by atoms with Gasteiger partial charge in [-0.25, -0.2) is 4.68 Å². The number of nitrogens with zero attached hydrogens (tertiary/aromatic N) is 4. The third-order valence-corrected chi connectivity index (χ3v) is 3.93. The SMILES string of the molecule is COc1ccc(NC(=O)CCSc2nnnn2CC(C)C)cc1. The molecule has 0 aliphatic rings. The second-order valence-corrected chi connectivity index (χ2v) is 6.47. The van der Waals surface area contributed by atoms with Gasteiger partial charge in [-0.1, -0.05) is 25.6 Å². The second-order valence-electron chi connectivity index (χ2n) is 5.41. The predicted octanol–water partition coefficient (Wildman–Crippen LogP) is 2.46. The molecule has 0 aliphatic heterocycles. The number of benzene rings is 1. The molecule has 2 aromatic rings. The summed E-state index contributed by atoms with van der Waals surface area (Å²) in [4.78, 5) is 11.9. The largest absolute Gasteiger partial charge is 0.497 e.